The molecule has 1 aliphatic carbocycles. The molecule has 0 spiro atoms. The summed E-state index contributed by atoms with van der Waals surface area (Å²) in [5.41, 5.74) is 1.58. The Morgan fingerprint density at radius 3 is 2.60 bits per heavy atom. The summed E-state index contributed by atoms with van der Waals surface area (Å²) in [7, 11) is 0. The van der Waals surface area contributed by atoms with Gasteiger partial charge in [0.1, 0.15) is 0 Å². The number of pyridine rings is 1. The zero-order chi connectivity index (χ0) is 21.5. The van der Waals surface area contributed by atoms with E-state index >= 15 is 0 Å². The number of aryl methyl sites for hydroxylation is 1. The number of carbonyl (C=O) groups excluding carboxylic acids is 1. The first kappa shape index (κ1) is 20.8. The first-order chi connectivity index (χ1) is 14.2. The van der Waals surface area contributed by atoms with Gasteiger partial charge in [0.2, 0.25) is 0 Å². The van der Waals surface area contributed by atoms with Crippen LogP contribution in [0.2, 0.25) is 5.02 Å². The van der Waals surface area contributed by atoms with Crippen molar-refractivity contribution >= 4 is 28.4 Å². The Morgan fingerprint density at radius 1 is 1.23 bits per heavy atom. The number of carbonyl (C=O) groups is 1. The molecule has 0 radical (unpaired) electrons. The van der Waals surface area contributed by atoms with Crippen LogP contribution in [0.3, 0.4) is 0 Å². The van der Waals surface area contributed by atoms with E-state index in [2.05, 4.69) is 15.4 Å². The van der Waals surface area contributed by atoms with E-state index in [0.717, 1.165) is 42.3 Å². The summed E-state index contributed by atoms with van der Waals surface area (Å²) in [5, 5.41) is 19.3. The van der Waals surface area contributed by atoms with Crippen molar-refractivity contribution in [1.82, 2.24) is 20.1 Å². The Morgan fingerprint density at radius 2 is 1.93 bits per heavy atom. The van der Waals surface area contributed by atoms with Crippen LogP contribution in [0.4, 0.5) is 0 Å². The highest BCUT2D eigenvalue weighted by molar-refractivity contribution is 6.32. The quantitative estimate of drug-likeness (QED) is 0.646. The van der Waals surface area contributed by atoms with Gasteiger partial charge in [-0.2, -0.15) is 5.10 Å². The van der Waals surface area contributed by atoms with E-state index in [1.54, 1.807) is 16.9 Å². The predicted octanol–water partition coefficient (Wildman–Crippen LogP) is 4.44. The molecule has 30 heavy (non-hydrogen) atoms. The molecular formula is C23H27ClN4O2. The number of hydrogen-bond acceptors (Lipinski definition) is 4. The lowest BCUT2D eigenvalue weighted by Crippen LogP contribution is -2.41. The summed E-state index contributed by atoms with van der Waals surface area (Å²) >= 11 is 6.50. The molecule has 0 unspecified atom stereocenters. The van der Waals surface area contributed by atoms with Crippen LogP contribution < -0.4 is 5.32 Å². The summed E-state index contributed by atoms with van der Waals surface area (Å²) in [5.74, 6) is 0.598. The summed E-state index contributed by atoms with van der Waals surface area (Å²) in [4.78, 5) is 17.2. The number of nitrogens with zero attached hydrogens (tertiary/aromatic N) is 3. The van der Waals surface area contributed by atoms with Crippen molar-refractivity contribution in [3.05, 3.63) is 52.8 Å². The van der Waals surface area contributed by atoms with Crippen molar-refractivity contribution in [3.8, 4) is 5.82 Å². The molecule has 0 saturated heterocycles. The maximum absolute atomic E-state index is 12.7. The number of halogens is 1. The molecule has 0 bridgehead atoms. The lowest BCUT2D eigenvalue weighted by atomic mass is 9.77. The highest BCUT2D eigenvalue weighted by Gasteiger charge is 2.32. The normalized spacial score (nSPS) is 19.8. The summed E-state index contributed by atoms with van der Waals surface area (Å²) in [6.45, 7) is 5.66. The van der Waals surface area contributed by atoms with Crippen molar-refractivity contribution in [2.45, 2.75) is 58.1 Å². The smallest absolute Gasteiger partial charge is 0.253 e. The van der Waals surface area contributed by atoms with Gasteiger partial charge in [0.25, 0.3) is 5.91 Å². The Balaban J connectivity index is 1.49. The lowest BCUT2D eigenvalue weighted by Gasteiger charge is -2.36. The third-order valence-corrected chi connectivity index (χ3v) is 6.40. The standard InChI is InChI=1S/C23H27ClN4O2/c1-14-18-6-4-5-7-20(18)28(27-14)21-19(24)12-15(13-25-21)22(29)26-17-10-8-16(9-11-17)23(2,3)30/h4-7,12-13,16-17,30H,8-11H2,1-3H3,(H,26,29). The Kier molecular flexibility index (Phi) is 5.55. The van der Waals surface area contributed by atoms with E-state index in [-0.39, 0.29) is 17.9 Å². The number of fused-ring (bicyclic) bond motifs is 1. The van der Waals surface area contributed by atoms with Gasteiger partial charge in [0.15, 0.2) is 5.82 Å². The number of nitrogens with one attached hydrogen (secondary N) is 1. The molecule has 1 aromatic carbocycles. The minimum Gasteiger partial charge on any atom is -0.390 e. The number of aromatic nitrogens is 3. The first-order valence-electron chi connectivity index (χ1n) is 10.4. The maximum Gasteiger partial charge on any atom is 0.253 e. The number of aliphatic hydroxyl groups is 1. The molecule has 3 aromatic rings. The van der Waals surface area contributed by atoms with Crippen LogP contribution in [0.25, 0.3) is 16.7 Å². The fourth-order valence-electron chi connectivity index (χ4n) is 4.31. The van der Waals surface area contributed by atoms with E-state index in [4.69, 9.17) is 11.6 Å². The molecular weight excluding hydrogens is 400 g/mol. The second-order valence-corrected chi connectivity index (χ2v) is 9.13. The number of rotatable bonds is 4. The van der Waals surface area contributed by atoms with Gasteiger partial charge in [0, 0.05) is 17.6 Å². The molecule has 2 aromatic heterocycles. The van der Waals surface area contributed by atoms with Crippen LogP contribution in [0.15, 0.2) is 36.5 Å². The average Bonchev–Trinajstić information content (AvgIpc) is 3.04. The zero-order valence-corrected chi connectivity index (χ0v) is 18.3. The van der Waals surface area contributed by atoms with E-state index < -0.39 is 5.60 Å². The van der Waals surface area contributed by atoms with E-state index in [0.29, 0.717) is 16.4 Å². The number of amides is 1. The third kappa shape index (κ3) is 4.07. The molecule has 1 fully saturated rings. The van der Waals surface area contributed by atoms with Gasteiger partial charge in [-0.25, -0.2) is 9.67 Å². The fourth-order valence-corrected chi connectivity index (χ4v) is 4.55. The number of benzene rings is 1. The highest BCUT2D eigenvalue weighted by Crippen LogP contribution is 2.32. The lowest BCUT2D eigenvalue weighted by molar-refractivity contribution is -0.00257. The van der Waals surface area contributed by atoms with E-state index in [9.17, 15) is 9.90 Å². The molecule has 7 heteroatoms. The maximum atomic E-state index is 12.7. The topological polar surface area (TPSA) is 80.0 Å². The minimum atomic E-state index is -0.669. The van der Waals surface area contributed by atoms with Crippen molar-refractivity contribution in [2.75, 3.05) is 0 Å². The van der Waals surface area contributed by atoms with Gasteiger partial charge < -0.3 is 10.4 Å². The molecule has 4 rings (SSSR count). The van der Waals surface area contributed by atoms with Crippen molar-refractivity contribution < 1.29 is 9.90 Å². The summed E-state index contributed by atoms with van der Waals surface area (Å²) in [6, 6.07) is 9.65. The van der Waals surface area contributed by atoms with Crippen LogP contribution in [0, 0.1) is 12.8 Å². The third-order valence-electron chi connectivity index (χ3n) is 6.12. The van der Waals surface area contributed by atoms with Crippen LogP contribution in [-0.4, -0.2) is 37.4 Å². The molecule has 0 atom stereocenters. The highest BCUT2D eigenvalue weighted by atomic mass is 35.5. The van der Waals surface area contributed by atoms with Gasteiger partial charge in [-0.15, -0.1) is 0 Å². The van der Waals surface area contributed by atoms with Gasteiger partial charge in [-0.1, -0.05) is 29.8 Å². The zero-order valence-electron chi connectivity index (χ0n) is 17.5. The van der Waals surface area contributed by atoms with Gasteiger partial charge in [-0.3, -0.25) is 4.79 Å². The monoisotopic (exact) mass is 426 g/mol. The van der Waals surface area contributed by atoms with Gasteiger partial charge in [0.05, 0.1) is 27.4 Å². The minimum absolute atomic E-state index is 0.104. The predicted molar refractivity (Wildman–Crippen MR) is 118 cm³/mol. The van der Waals surface area contributed by atoms with Gasteiger partial charge >= 0.3 is 0 Å². The van der Waals surface area contributed by atoms with Crippen LogP contribution in [0.5, 0.6) is 0 Å². The Bertz CT molecular complexity index is 1080. The largest absolute Gasteiger partial charge is 0.390 e. The average molecular weight is 427 g/mol. The molecule has 2 N–H and O–H groups in total. The van der Waals surface area contributed by atoms with Crippen LogP contribution >= 0.6 is 11.6 Å². The van der Waals surface area contributed by atoms with Gasteiger partial charge in [-0.05, 0) is 64.5 Å². The number of hydrogen-bond donors (Lipinski definition) is 2. The number of para-hydroxylation sites is 1. The molecule has 2 heterocycles. The van der Waals surface area contributed by atoms with Crippen molar-refractivity contribution in [3.63, 3.8) is 0 Å². The van der Waals surface area contributed by atoms with E-state index in [1.165, 1.54) is 0 Å². The Hall–Kier alpha value is -2.44. The second-order valence-electron chi connectivity index (χ2n) is 8.72. The first-order valence-corrected chi connectivity index (χ1v) is 10.8. The van der Waals surface area contributed by atoms with E-state index in [1.807, 2.05) is 45.0 Å². The Labute approximate surface area is 181 Å². The van der Waals surface area contributed by atoms with Crippen molar-refractivity contribution in [1.29, 1.82) is 0 Å². The molecule has 158 valence electrons. The fraction of sp³-hybridized carbons (Fsp3) is 0.435. The molecule has 1 amide bonds. The molecule has 6 nitrogen and oxygen atoms in total. The molecule has 0 aliphatic heterocycles. The van der Waals surface area contributed by atoms with Crippen LogP contribution in [0.1, 0.15) is 55.6 Å². The van der Waals surface area contributed by atoms with Crippen LogP contribution in [-0.2, 0) is 0 Å². The second kappa shape index (κ2) is 8.00. The molecule has 1 aliphatic rings. The summed E-state index contributed by atoms with van der Waals surface area (Å²) < 4.78 is 1.71. The SMILES string of the molecule is Cc1nn(-c2ncc(C(=O)NC3CCC(C(C)(C)O)CC3)cc2Cl)c2ccccc12. The van der Waals surface area contributed by atoms with Crippen molar-refractivity contribution in [2.24, 2.45) is 5.92 Å². The summed E-state index contributed by atoms with van der Waals surface area (Å²) in [6.07, 6.45) is 5.07. The molecule has 1 saturated carbocycles.